The molecule has 2 fully saturated rings. The van der Waals surface area contributed by atoms with Gasteiger partial charge in [0.05, 0.1) is 0 Å². The highest BCUT2D eigenvalue weighted by Crippen LogP contribution is 2.40. The maximum atomic E-state index is 12.6. The van der Waals surface area contributed by atoms with Gasteiger partial charge in [-0.05, 0) is 50.9 Å². The van der Waals surface area contributed by atoms with Crippen LogP contribution in [-0.4, -0.2) is 54.0 Å². The van der Waals surface area contributed by atoms with Gasteiger partial charge in [-0.2, -0.15) is 0 Å². The van der Waals surface area contributed by atoms with Gasteiger partial charge < -0.3 is 15.1 Å². The summed E-state index contributed by atoms with van der Waals surface area (Å²) in [5.41, 5.74) is 0.304. The summed E-state index contributed by atoms with van der Waals surface area (Å²) >= 11 is 0. The topological polar surface area (TPSA) is 52.7 Å². The molecule has 3 aliphatic rings. The van der Waals surface area contributed by atoms with E-state index >= 15 is 0 Å². The van der Waals surface area contributed by atoms with Crippen LogP contribution in [0.1, 0.15) is 51.9 Å². The first-order valence-corrected chi connectivity index (χ1v) is 9.06. The fourth-order valence-corrected chi connectivity index (χ4v) is 4.27. The van der Waals surface area contributed by atoms with Gasteiger partial charge in [-0.1, -0.05) is 12.2 Å². The van der Waals surface area contributed by atoms with Crippen LogP contribution in [0.4, 0.5) is 4.79 Å². The Morgan fingerprint density at radius 1 is 1.30 bits per heavy atom. The molecule has 128 valence electrons. The molecule has 3 rings (SSSR count). The number of carbonyl (C=O) groups excluding carboxylic acids is 2. The molecule has 1 N–H and O–H groups in total. The fourth-order valence-electron chi connectivity index (χ4n) is 4.27. The molecular weight excluding hydrogens is 290 g/mol. The van der Waals surface area contributed by atoms with E-state index in [0.717, 1.165) is 45.3 Å². The second-order valence-electron chi connectivity index (χ2n) is 7.53. The van der Waals surface area contributed by atoms with E-state index < -0.39 is 0 Å². The number of rotatable bonds is 3. The number of piperidine rings is 1. The van der Waals surface area contributed by atoms with Crippen molar-refractivity contribution in [3.63, 3.8) is 0 Å². The molecular formula is C18H29N3O2. The maximum absolute atomic E-state index is 12.6. The predicted octanol–water partition coefficient (Wildman–Crippen LogP) is 2.53. The van der Waals surface area contributed by atoms with Crippen molar-refractivity contribution >= 4 is 11.9 Å². The van der Waals surface area contributed by atoms with Crippen LogP contribution in [-0.2, 0) is 4.79 Å². The summed E-state index contributed by atoms with van der Waals surface area (Å²) in [6, 6.07) is 0.0476. The molecule has 0 radical (unpaired) electrons. The van der Waals surface area contributed by atoms with Gasteiger partial charge in [0.2, 0.25) is 5.91 Å². The third-order valence-electron chi connectivity index (χ3n) is 5.54. The Morgan fingerprint density at radius 2 is 2.17 bits per heavy atom. The predicted molar refractivity (Wildman–Crippen MR) is 90.0 cm³/mol. The summed E-state index contributed by atoms with van der Waals surface area (Å²) in [5, 5.41) is 3.09. The highest BCUT2D eigenvalue weighted by molar-refractivity contribution is 5.78. The van der Waals surface area contributed by atoms with Crippen LogP contribution in [0.25, 0.3) is 0 Å². The Balaban J connectivity index is 1.51. The second-order valence-corrected chi connectivity index (χ2v) is 7.53. The summed E-state index contributed by atoms with van der Waals surface area (Å²) in [5.74, 6) is 0.219. The maximum Gasteiger partial charge on any atom is 0.317 e. The highest BCUT2D eigenvalue weighted by atomic mass is 16.2. The third kappa shape index (κ3) is 3.88. The molecule has 2 aliphatic heterocycles. The standard InChI is InChI=1S/C18H29N3O2/c1-15(13-20-11-5-7-16(20)22)19-17(23)21-12-6-10-18(14-21)8-3-2-4-9-18/h2-3,15H,4-14H2,1H3,(H,19,23). The Labute approximate surface area is 139 Å². The molecule has 3 amide bonds. The lowest BCUT2D eigenvalue weighted by molar-refractivity contribution is -0.127. The zero-order chi connectivity index (χ0) is 16.3. The van der Waals surface area contributed by atoms with Crippen molar-refractivity contribution in [2.24, 2.45) is 5.41 Å². The molecule has 0 aromatic carbocycles. The van der Waals surface area contributed by atoms with E-state index in [1.807, 2.05) is 16.7 Å². The van der Waals surface area contributed by atoms with Crippen LogP contribution in [0.3, 0.4) is 0 Å². The lowest BCUT2D eigenvalue weighted by atomic mass is 9.71. The van der Waals surface area contributed by atoms with Gasteiger partial charge in [0, 0.05) is 38.6 Å². The number of allylic oxidation sites excluding steroid dienone is 2. The summed E-state index contributed by atoms with van der Waals surface area (Å²) in [6.07, 6.45) is 11.9. The SMILES string of the molecule is CC(CN1CCCC1=O)NC(=O)N1CCCC2(CC=CCC2)C1. The summed E-state index contributed by atoms with van der Waals surface area (Å²) in [6.45, 7) is 5.18. The lowest BCUT2D eigenvalue weighted by Gasteiger charge is -2.44. The van der Waals surface area contributed by atoms with E-state index in [1.165, 1.54) is 12.8 Å². The molecule has 1 spiro atoms. The van der Waals surface area contributed by atoms with Crippen LogP contribution >= 0.6 is 0 Å². The normalized spacial score (nSPS) is 29.2. The van der Waals surface area contributed by atoms with E-state index in [2.05, 4.69) is 17.5 Å². The number of hydrogen-bond donors (Lipinski definition) is 1. The number of likely N-dealkylation sites (tertiary alicyclic amines) is 2. The minimum atomic E-state index is 0.00804. The largest absolute Gasteiger partial charge is 0.341 e. The molecule has 0 saturated carbocycles. The quantitative estimate of drug-likeness (QED) is 0.813. The minimum Gasteiger partial charge on any atom is -0.341 e. The van der Waals surface area contributed by atoms with E-state index in [-0.39, 0.29) is 18.0 Å². The van der Waals surface area contributed by atoms with E-state index in [1.54, 1.807) is 0 Å². The molecule has 0 bridgehead atoms. The molecule has 23 heavy (non-hydrogen) atoms. The van der Waals surface area contributed by atoms with Gasteiger partial charge in [0.1, 0.15) is 0 Å². The van der Waals surface area contributed by atoms with Crippen molar-refractivity contribution in [3.05, 3.63) is 12.2 Å². The fraction of sp³-hybridized carbons (Fsp3) is 0.778. The van der Waals surface area contributed by atoms with Crippen molar-refractivity contribution < 1.29 is 9.59 Å². The van der Waals surface area contributed by atoms with E-state index in [9.17, 15) is 9.59 Å². The van der Waals surface area contributed by atoms with Gasteiger partial charge in [0.25, 0.3) is 0 Å². The molecule has 2 atom stereocenters. The first-order valence-electron chi connectivity index (χ1n) is 9.06. The minimum absolute atomic E-state index is 0.00804. The van der Waals surface area contributed by atoms with Crippen molar-refractivity contribution in [1.29, 1.82) is 0 Å². The molecule has 0 aromatic heterocycles. The van der Waals surface area contributed by atoms with Crippen molar-refractivity contribution in [2.75, 3.05) is 26.2 Å². The zero-order valence-corrected chi connectivity index (χ0v) is 14.2. The van der Waals surface area contributed by atoms with E-state index in [0.29, 0.717) is 18.4 Å². The Kier molecular flexibility index (Phi) is 4.93. The smallest absolute Gasteiger partial charge is 0.317 e. The van der Waals surface area contributed by atoms with Gasteiger partial charge >= 0.3 is 6.03 Å². The molecule has 5 nitrogen and oxygen atoms in total. The zero-order valence-electron chi connectivity index (χ0n) is 14.2. The Bertz CT molecular complexity index is 491. The highest BCUT2D eigenvalue weighted by Gasteiger charge is 2.37. The number of nitrogens with one attached hydrogen (secondary N) is 1. The van der Waals surface area contributed by atoms with E-state index in [4.69, 9.17) is 0 Å². The first-order chi connectivity index (χ1) is 11.1. The van der Waals surface area contributed by atoms with Crippen molar-refractivity contribution in [2.45, 2.75) is 57.9 Å². The molecule has 2 heterocycles. The molecule has 2 unspecified atom stereocenters. The number of urea groups is 1. The molecule has 2 saturated heterocycles. The summed E-state index contributed by atoms with van der Waals surface area (Å²) in [4.78, 5) is 28.1. The Morgan fingerprint density at radius 3 is 2.87 bits per heavy atom. The molecule has 5 heteroatoms. The molecule has 0 aromatic rings. The van der Waals surface area contributed by atoms with Gasteiger partial charge in [-0.25, -0.2) is 4.79 Å². The van der Waals surface area contributed by atoms with Crippen LogP contribution < -0.4 is 5.32 Å². The second kappa shape index (κ2) is 6.93. The van der Waals surface area contributed by atoms with Crippen molar-refractivity contribution in [1.82, 2.24) is 15.1 Å². The average Bonchev–Trinajstić information content (AvgIpc) is 2.93. The molecule has 1 aliphatic carbocycles. The lowest BCUT2D eigenvalue weighted by Crippen LogP contribution is -2.53. The third-order valence-corrected chi connectivity index (χ3v) is 5.54. The van der Waals surface area contributed by atoms with Gasteiger partial charge in [0.15, 0.2) is 0 Å². The first kappa shape index (κ1) is 16.3. The number of amides is 3. The van der Waals surface area contributed by atoms with Crippen molar-refractivity contribution in [3.8, 4) is 0 Å². The summed E-state index contributed by atoms with van der Waals surface area (Å²) < 4.78 is 0. The van der Waals surface area contributed by atoms with Gasteiger partial charge in [-0.15, -0.1) is 0 Å². The number of nitrogens with zero attached hydrogens (tertiary/aromatic N) is 2. The Hall–Kier alpha value is -1.52. The van der Waals surface area contributed by atoms with Crippen LogP contribution in [0.15, 0.2) is 12.2 Å². The van der Waals surface area contributed by atoms with Gasteiger partial charge in [-0.3, -0.25) is 4.79 Å². The average molecular weight is 319 g/mol. The summed E-state index contributed by atoms with van der Waals surface area (Å²) in [7, 11) is 0. The monoisotopic (exact) mass is 319 g/mol. The van der Waals surface area contributed by atoms with Crippen LogP contribution in [0.5, 0.6) is 0 Å². The van der Waals surface area contributed by atoms with Crippen LogP contribution in [0.2, 0.25) is 0 Å². The number of hydrogen-bond acceptors (Lipinski definition) is 2. The number of carbonyl (C=O) groups is 2. The van der Waals surface area contributed by atoms with Crippen LogP contribution in [0, 0.1) is 5.41 Å².